The summed E-state index contributed by atoms with van der Waals surface area (Å²) in [6.45, 7) is 4.43. The van der Waals surface area contributed by atoms with E-state index in [2.05, 4.69) is 9.88 Å². The van der Waals surface area contributed by atoms with Crippen molar-refractivity contribution in [2.24, 2.45) is 0 Å². The first kappa shape index (κ1) is 19.0. The van der Waals surface area contributed by atoms with Crippen molar-refractivity contribution >= 4 is 23.2 Å². The average molecular weight is 402 g/mol. The first-order chi connectivity index (χ1) is 13.7. The maximum Gasteiger partial charge on any atom is 0.255 e. The molecular weight excluding hydrogens is 378 g/mol. The number of anilines is 1. The highest BCUT2D eigenvalue weighted by molar-refractivity contribution is 6.30. The van der Waals surface area contributed by atoms with Gasteiger partial charge in [0.2, 0.25) is 0 Å². The molecule has 1 amide bonds. The highest BCUT2D eigenvalue weighted by atomic mass is 35.5. The first-order valence-electron chi connectivity index (χ1n) is 9.68. The highest BCUT2D eigenvalue weighted by Crippen LogP contribution is 2.23. The van der Waals surface area contributed by atoms with Crippen molar-refractivity contribution in [3.05, 3.63) is 53.3 Å². The average Bonchev–Trinajstić information content (AvgIpc) is 2.76. The molecule has 2 aliphatic rings. The van der Waals surface area contributed by atoms with Crippen LogP contribution < -0.4 is 9.64 Å². The summed E-state index contributed by atoms with van der Waals surface area (Å²) < 4.78 is 11.4. The monoisotopic (exact) mass is 401 g/mol. The molecule has 0 aliphatic carbocycles. The predicted molar refractivity (Wildman–Crippen MR) is 108 cm³/mol. The number of aromatic nitrogens is 1. The number of morpholine rings is 1. The van der Waals surface area contributed by atoms with E-state index in [1.54, 1.807) is 6.20 Å². The molecular formula is C21H24ClN3O3. The standard InChI is InChI=1S/C21H24ClN3O3/c22-17-1-3-19(4-2-17)28-20-5-7-25(8-6-20)21(26)16-13-18(15-23-14-16)24-9-11-27-12-10-24/h1-4,13-15,20H,5-12H2. The van der Waals surface area contributed by atoms with Gasteiger partial charge in [-0.2, -0.15) is 0 Å². The van der Waals surface area contributed by atoms with Crippen LogP contribution in [0.25, 0.3) is 0 Å². The topological polar surface area (TPSA) is 54.9 Å². The van der Waals surface area contributed by atoms with Crippen LogP contribution in [0, 0.1) is 0 Å². The van der Waals surface area contributed by atoms with Gasteiger partial charge >= 0.3 is 0 Å². The van der Waals surface area contributed by atoms with Gasteiger partial charge in [-0.25, -0.2) is 0 Å². The Balaban J connectivity index is 1.34. The van der Waals surface area contributed by atoms with Crippen LogP contribution in [0.3, 0.4) is 0 Å². The van der Waals surface area contributed by atoms with Gasteiger partial charge in [-0.15, -0.1) is 0 Å². The van der Waals surface area contributed by atoms with Crippen LogP contribution in [-0.2, 0) is 4.74 Å². The quantitative estimate of drug-likeness (QED) is 0.787. The number of likely N-dealkylation sites (tertiary alicyclic amines) is 1. The number of amides is 1. The summed E-state index contributed by atoms with van der Waals surface area (Å²) in [4.78, 5) is 21.3. The molecule has 0 unspecified atom stereocenters. The van der Waals surface area contributed by atoms with E-state index in [4.69, 9.17) is 21.1 Å². The van der Waals surface area contributed by atoms with Crippen molar-refractivity contribution in [2.75, 3.05) is 44.3 Å². The zero-order chi connectivity index (χ0) is 19.3. The molecule has 28 heavy (non-hydrogen) atoms. The predicted octanol–water partition coefficient (Wildman–Crippen LogP) is 3.26. The van der Waals surface area contributed by atoms with Gasteiger partial charge in [0.05, 0.1) is 30.7 Å². The zero-order valence-corrected chi connectivity index (χ0v) is 16.5. The molecule has 2 fully saturated rings. The molecule has 1 aromatic heterocycles. The van der Waals surface area contributed by atoms with Crippen LogP contribution in [0.2, 0.25) is 5.02 Å². The summed E-state index contributed by atoms with van der Waals surface area (Å²) in [5.74, 6) is 0.851. The number of pyridine rings is 1. The Hall–Kier alpha value is -2.31. The molecule has 0 N–H and O–H groups in total. The Morgan fingerprint density at radius 2 is 1.79 bits per heavy atom. The molecule has 7 heteroatoms. The van der Waals surface area contributed by atoms with Crippen molar-refractivity contribution in [1.29, 1.82) is 0 Å². The van der Waals surface area contributed by atoms with Gasteiger partial charge in [0.25, 0.3) is 5.91 Å². The summed E-state index contributed by atoms with van der Waals surface area (Å²) in [7, 11) is 0. The van der Waals surface area contributed by atoms with Gasteiger partial charge in [0, 0.05) is 50.2 Å². The molecule has 1 aromatic carbocycles. The normalized spacial score (nSPS) is 18.2. The molecule has 3 heterocycles. The fraction of sp³-hybridized carbons (Fsp3) is 0.429. The number of rotatable bonds is 4. The largest absolute Gasteiger partial charge is 0.490 e. The van der Waals surface area contributed by atoms with Crippen LogP contribution in [0.4, 0.5) is 5.69 Å². The number of carbonyl (C=O) groups is 1. The van der Waals surface area contributed by atoms with Crippen LogP contribution in [0.15, 0.2) is 42.7 Å². The molecule has 148 valence electrons. The number of hydrogen-bond donors (Lipinski definition) is 0. The number of carbonyl (C=O) groups excluding carboxylic acids is 1. The van der Waals surface area contributed by atoms with Crippen molar-refractivity contribution in [3.8, 4) is 5.75 Å². The number of benzene rings is 1. The Labute approximate surface area is 170 Å². The van der Waals surface area contributed by atoms with Crippen molar-refractivity contribution in [3.63, 3.8) is 0 Å². The van der Waals surface area contributed by atoms with Gasteiger partial charge in [-0.1, -0.05) is 11.6 Å². The maximum atomic E-state index is 12.9. The molecule has 2 aliphatic heterocycles. The van der Waals surface area contributed by atoms with E-state index < -0.39 is 0 Å². The number of piperidine rings is 1. The second-order valence-corrected chi connectivity index (χ2v) is 7.53. The maximum absolute atomic E-state index is 12.9. The molecule has 0 saturated carbocycles. The number of nitrogens with zero attached hydrogens (tertiary/aromatic N) is 3. The van der Waals surface area contributed by atoms with Crippen LogP contribution in [-0.4, -0.2) is 61.3 Å². The molecule has 0 radical (unpaired) electrons. The molecule has 6 nitrogen and oxygen atoms in total. The SMILES string of the molecule is O=C(c1cncc(N2CCOCC2)c1)N1CCC(Oc2ccc(Cl)cc2)CC1. The highest BCUT2D eigenvalue weighted by Gasteiger charge is 2.25. The van der Waals surface area contributed by atoms with E-state index in [0.29, 0.717) is 36.9 Å². The molecule has 0 atom stereocenters. The van der Waals surface area contributed by atoms with Gasteiger partial charge in [0.1, 0.15) is 11.9 Å². The van der Waals surface area contributed by atoms with Crippen molar-refractivity contribution < 1.29 is 14.3 Å². The summed E-state index contributed by atoms with van der Waals surface area (Å²) >= 11 is 5.91. The van der Waals surface area contributed by atoms with Gasteiger partial charge in [0.15, 0.2) is 0 Å². The van der Waals surface area contributed by atoms with Gasteiger partial charge < -0.3 is 19.3 Å². The van der Waals surface area contributed by atoms with Crippen LogP contribution >= 0.6 is 11.6 Å². The molecule has 2 saturated heterocycles. The smallest absolute Gasteiger partial charge is 0.255 e. The number of ether oxygens (including phenoxy) is 2. The molecule has 0 spiro atoms. The van der Waals surface area contributed by atoms with E-state index in [1.807, 2.05) is 41.4 Å². The summed E-state index contributed by atoms with van der Waals surface area (Å²) in [6.07, 6.45) is 5.20. The minimum atomic E-state index is 0.0348. The third kappa shape index (κ3) is 4.56. The lowest BCUT2D eigenvalue weighted by Gasteiger charge is -2.32. The fourth-order valence-electron chi connectivity index (χ4n) is 3.60. The Kier molecular flexibility index (Phi) is 5.98. The zero-order valence-electron chi connectivity index (χ0n) is 15.7. The second-order valence-electron chi connectivity index (χ2n) is 7.09. The fourth-order valence-corrected chi connectivity index (χ4v) is 3.73. The summed E-state index contributed by atoms with van der Waals surface area (Å²) in [5.41, 5.74) is 1.62. The van der Waals surface area contributed by atoms with Gasteiger partial charge in [-0.05, 0) is 30.3 Å². The first-order valence-corrected chi connectivity index (χ1v) is 10.1. The Morgan fingerprint density at radius 3 is 2.50 bits per heavy atom. The van der Waals surface area contributed by atoms with Crippen molar-refractivity contribution in [1.82, 2.24) is 9.88 Å². The van der Waals surface area contributed by atoms with E-state index >= 15 is 0 Å². The van der Waals surface area contributed by atoms with E-state index in [9.17, 15) is 4.79 Å². The second kappa shape index (κ2) is 8.80. The lowest BCUT2D eigenvalue weighted by molar-refractivity contribution is 0.0595. The molecule has 2 aromatic rings. The summed E-state index contributed by atoms with van der Waals surface area (Å²) in [5, 5.41) is 0.695. The van der Waals surface area contributed by atoms with Gasteiger partial charge in [-0.3, -0.25) is 9.78 Å². The number of halogens is 1. The summed E-state index contributed by atoms with van der Waals surface area (Å²) in [6, 6.07) is 9.34. The Morgan fingerprint density at radius 1 is 1.07 bits per heavy atom. The Bertz CT molecular complexity index is 801. The molecule has 4 rings (SSSR count). The van der Waals surface area contributed by atoms with Crippen molar-refractivity contribution in [2.45, 2.75) is 18.9 Å². The lowest BCUT2D eigenvalue weighted by atomic mass is 10.1. The van der Waals surface area contributed by atoms with Crippen LogP contribution in [0.1, 0.15) is 23.2 Å². The number of hydrogen-bond acceptors (Lipinski definition) is 5. The molecule has 0 bridgehead atoms. The van der Waals surface area contributed by atoms with Crippen LogP contribution in [0.5, 0.6) is 5.75 Å². The minimum absolute atomic E-state index is 0.0348. The van der Waals surface area contributed by atoms with E-state index in [-0.39, 0.29) is 12.0 Å². The minimum Gasteiger partial charge on any atom is -0.490 e. The third-order valence-corrected chi connectivity index (χ3v) is 5.44. The lowest BCUT2D eigenvalue weighted by Crippen LogP contribution is -2.42. The third-order valence-electron chi connectivity index (χ3n) is 5.19. The van der Waals surface area contributed by atoms with E-state index in [0.717, 1.165) is 37.4 Å². The van der Waals surface area contributed by atoms with E-state index in [1.165, 1.54) is 0 Å².